The zero-order valence-electron chi connectivity index (χ0n) is 28.0. The van der Waals surface area contributed by atoms with Crippen molar-refractivity contribution in [3.05, 3.63) is 200 Å². The number of hydrogen-bond acceptors (Lipinski definition) is 0. The van der Waals surface area contributed by atoms with Crippen molar-refractivity contribution >= 4 is 43.4 Å². The average Bonchev–Trinajstić information content (AvgIpc) is 3.54. The van der Waals surface area contributed by atoms with Gasteiger partial charge in [0.25, 0.3) is 0 Å². The third-order valence-corrected chi connectivity index (χ3v) is 10.4. The molecule has 1 aromatic heterocycles. The summed E-state index contributed by atoms with van der Waals surface area (Å²) in [5.41, 5.74) is 13.5. The molecule has 0 amide bonds. The summed E-state index contributed by atoms with van der Waals surface area (Å²) in [7, 11) is 0. The van der Waals surface area contributed by atoms with Crippen LogP contribution in [0.4, 0.5) is 0 Å². The highest BCUT2D eigenvalue weighted by atomic mass is 15.0. The van der Waals surface area contributed by atoms with Crippen molar-refractivity contribution < 1.29 is 0 Å². The molecule has 1 heteroatoms. The summed E-state index contributed by atoms with van der Waals surface area (Å²) in [4.78, 5) is 0. The Morgan fingerprint density at radius 2 is 0.647 bits per heavy atom. The standard InChI is InChI=1S/C50H33N/c1-3-14-34(15-4-1)37-18-13-19-38(32-37)39-28-31-48-46(33-39)41-20-11-12-25-47(41)51(48)40-29-26-36(27-30-40)50-44-23-9-7-21-42(44)49(35-16-5-2-6-17-35)43-22-8-10-24-45(43)50/h1-33H. The summed E-state index contributed by atoms with van der Waals surface area (Å²) < 4.78 is 2.41. The first-order chi connectivity index (χ1) is 25.3. The molecule has 1 heterocycles. The second-order valence-corrected chi connectivity index (χ2v) is 13.3. The maximum atomic E-state index is 2.41. The Balaban J connectivity index is 1.11. The fourth-order valence-corrected chi connectivity index (χ4v) is 8.07. The van der Waals surface area contributed by atoms with Crippen LogP contribution in [0, 0.1) is 0 Å². The highest BCUT2D eigenvalue weighted by Crippen LogP contribution is 2.44. The van der Waals surface area contributed by atoms with Crippen LogP contribution in [0.5, 0.6) is 0 Å². The topological polar surface area (TPSA) is 4.93 Å². The van der Waals surface area contributed by atoms with E-state index in [9.17, 15) is 0 Å². The Kier molecular flexibility index (Phi) is 6.89. The van der Waals surface area contributed by atoms with Crippen molar-refractivity contribution in [3.63, 3.8) is 0 Å². The molecule has 0 unspecified atom stereocenters. The summed E-state index contributed by atoms with van der Waals surface area (Å²) in [6.07, 6.45) is 0. The van der Waals surface area contributed by atoms with Gasteiger partial charge in [0.15, 0.2) is 0 Å². The third kappa shape index (κ3) is 4.86. The van der Waals surface area contributed by atoms with E-state index < -0.39 is 0 Å². The van der Waals surface area contributed by atoms with E-state index in [1.54, 1.807) is 0 Å². The second-order valence-electron chi connectivity index (χ2n) is 13.3. The third-order valence-electron chi connectivity index (χ3n) is 10.4. The molecule has 0 bridgehead atoms. The van der Waals surface area contributed by atoms with Gasteiger partial charge in [-0.25, -0.2) is 0 Å². The molecule has 0 aliphatic heterocycles. The molecule has 0 aliphatic rings. The Morgan fingerprint density at radius 3 is 1.25 bits per heavy atom. The first kappa shape index (κ1) is 29.2. The number of para-hydroxylation sites is 1. The Morgan fingerprint density at radius 1 is 0.235 bits per heavy atom. The normalized spacial score (nSPS) is 11.5. The van der Waals surface area contributed by atoms with Crippen LogP contribution in [0.3, 0.4) is 0 Å². The fraction of sp³-hybridized carbons (Fsp3) is 0. The Bertz CT molecular complexity index is 2820. The first-order valence-corrected chi connectivity index (χ1v) is 17.6. The van der Waals surface area contributed by atoms with E-state index in [4.69, 9.17) is 0 Å². The largest absolute Gasteiger partial charge is 0.309 e. The van der Waals surface area contributed by atoms with E-state index in [2.05, 4.69) is 205 Å². The van der Waals surface area contributed by atoms with E-state index in [0.717, 1.165) is 5.69 Å². The molecule has 0 N–H and O–H groups in total. The van der Waals surface area contributed by atoms with Gasteiger partial charge in [-0.3, -0.25) is 0 Å². The maximum Gasteiger partial charge on any atom is 0.0541 e. The van der Waals surface area contributed by atoms with Crippen molar-refractivity contribution in [2.24, 2.45) is 0 Å². The lowest BCUT2D eigenvalue weighted by Gasteiger charge is -2.18. The zero-order valence-corrected chi connectivity index (χ0v) is 28.0. The molecule has 0 fully saturated rings. The number of hydrogen-bond donors (Lipinski definition) is 0. The highest BCUT2D eigenvalue weighted by Gasteiger charge is 2.18. The monoisotopic (exact) mass is 647 g/mol. The zero-order chi connectivity index (χ0) is 33.7. The van der Waals surface area contributed by atoms with Crippen LogP contribution in [0.1, 0.15) is 0 Å². The molecule has 0 radical (unpaired) electrons. The summed E-state index contributed by atoms with van der Waals surface area (Å²) >= 11 is 0. The molecule has 51 heavy (non-hydrogen) atoms. The van der Waals surface area contributed by atoms with Crippen LogP contribution < -0.4 is 0 Å². The number of benzene rings is 9. The molecule has 0 saturated heterocycles. The Labute approximate surface area is 297 Å². The number of aromatic nitrogens is 1. The van der Waals surface area contributed by atoms with Crippen LogP contribution >= 0.6 is 0 Å². The van der Waals surface area contributed by atoms with E-state index >= 15 is 0 Å². The maximum absolute atomic E-state index is 2.41. The molecule has 0 atom stereocenters. The van der Waals surface area contributed by atoms with Crippen molar-refractivity contribution in [2.45, 2.75) is 0 Å². The van der Waals surface area contributed by atoms with E-state index in [-0.39, 0.29) is 0 Å². The summed E-state index contributed by atoms with van der Waals surface area (Å²) in [5.74, 6) is 0. The lowest BCUT2D eigenvalue weighted by atomic mass is 9.86. The van der Waals surface area contributed by atoms with Gasteiger partial charge >= 0.3 is 0 Å². The predicted molar refractivity (Wildman–Crippen MR) is 218 cm³/mol. The summed E-state index contributed by atoms with van der Waals surface area (Å²) in [5, 5.41) is 7.59. The van der Waals surface area contributed by atoms with Gasteiger partial charge < -0.3 is 4.57 Å². The molecular weight excluding hydrogens is 615 g/mol. The number of nitrogens with zero attached hydrogens (tertiary/aromatic N) is 1. The van der Waals surface area contributed by atoms with Gasteiger partial charge in [-0.15, -0.1) is 0 Å². The molecule has 9 aromatic carbocycles. The molecule has 0 spiro atoms. The molecular formula is C50H33N. The average molecular weight is 648 g/mol. The van der Waals surface area contributed by atoms with E-state index in [1.165, 1.54) is 87.9 Å². The second kappa shape index (κ2) is 12.0. The van der Waals surface area contributed by atoms with E-state index in [0.29, 0.717) is 0 Å². The number of fused-ring (bicyclic) bond motifs is 5. The molecule has 1 nitrogen and oxygen atoms in total. The van der Waals surface area contributed by atoms with Gasteiger partial charge in [-0.1, -0.05) is 164 Å². The molecule has 238 valence electrons. The molecule has 10 rings (SSSR count). The molecule has 0 aliphatic carbocycles. The SMILES string of the molecule is c1ccc(-c2cccc(-c3ccc4c(c3)c3ccccc3n4-c3ccc(-c4c5ccccc5c(-c5ccccc5)c5ccccc45)cc3)c2)cc1. The highest BCUT2D eigenvalue weighted by molar-refractivity contribution is 6.21. The molecule has 0 saturated carbocycles. The van der Waals surface area contributed by atoms with Crippen LogP contribution in [0.15, 0.2) is 200 Å². The van der Waals surface area contributed by atoms with Gasteiger partial charge in [-0.2, -0.15) is 0 Å². The molecule has 10 aromatic rings. The van der Waals surface area contributed by atoms with Crippen molar-refractivity contribution in [1.82, 2.24) is 4.57 Å². The Hall–Kier alpha value is -6.70. The van der Waals surface area contributed by atoms with Gasteiger partial charge in [0.05, 0.1) is 11.0 Å². The van der Waals surface area contributed by atoms with Crippen molar-refractivity contribution in [2.75, 3.05) is 0 Å². The van der Waals surface area contributed by atoms with Gasteiger partial charge in [0.2, 0.25) is 0 Å². The predicted octanol–water partition coefficient (Wildman–Crippen LogP) is 13.8. The number of rotatable bonds is 5. The fourth-order valence-electron chi connectivity index (χ4n) is 8.07. The lowest BCUT2D eigenvalue weighted by molar-refractivity contribution is 1.18. The minimum Gasteiger partial charge on any atom is -0.309 e. The minimum absolute atomic E-state index is 1.15. The summed E-state index contributed by atoms with van der Waals surface area (Å²) in [6, 6.07) is 72.9. The van der Waals surface area contributed by atoms with Crippen molar-refractivity contribution in [3.8, 4) is 50.2 Å². The quantitative estimate of drug-likeness (QED) is 0.164. The lowest BCUT2D eigenvalue weighted by Crippen LogP contribution is -1.94. The van der Waals surface area contributed by atoms with Gasteiger partial charge in [0, 0.05) is 16.5 Å². The van der Waals surface area contributed by atoms with Crippen LogP contribution in [0.25, 0.3) is 93.5 Å². The van der Waals surface area contributed by atoms with Crippen LogP contribution in [-0.2, 0) is 0 Å². The van der Waals surface area contributed by atoms with Gasteiger partial charge in [0.1, 0.15) is 0 Å². The smallest absolute Gasteiger partial charge is 0.0541 e. The van der Waals surface area contributed by atoms with Crippen molar-refractivity contribution in [1.29, 1.82) is 0 Å². The minimum atomic E-state index is 1.15. The van der Waals surface area contributed by atoms with Gasteiger partial charge in [-0.05, 0) is 102 Å². The summed E-state index contributed by atoms with van der Waals surface area (Å²) in [6.45, 7) is 0. The first-order valence-electron chi connectivity index (χ1n) is 17.6. The van der Waals surface area contributed by atoms with E-state index in [1.807, 2.05) is 0 Å². The van der Waals surface area contributed by atoms with Crippen LogP contribution in [0.2, 0.25) is 0 Å². The van der Waals surface area contributed by atoms with Crippen LogP contribution in [-0.4, -0.2) is 4.57 Å².